The quantitative estimate of drug-likeness (QED) is 0.367. The van der Waals surface area contributed by atoms with Crippen molar-refractivity contribution in [2.24, 2.45) is 15.8 Å². The number of nitrogens with zero attached hydrogens (tertiary/aromatic N) is 2. The summed E-state index contributed by atoms with van der Waals surface area (Å²) in [6, 6.07) is 0. The molecule has 3 aliphatic rings. The van der Waals surface area contributed by atoms with Gasteiger partial charge in [0.25, 0.3) is 0 Å². The third kappa shape index (κ3) is 5.97. The Kier molecular flexibility index (Phi) is 7.67. The lowest BCUT2D eigenvalue weighted by Crippen LogP contribution is -2.51. The van der Waals surface area contributed by atoms with Gasteiger partial charge in [0.05, 0.1) is 5.75 Å². The van der Waals surface area contributed by atoms with E-state index in [0.717, 1.165) is 38.4 Å². The highest BCUT2D eigenvalue weighted by Crippen LogP contribution is 2.46. The van der Waals surface area contributed by atoms with Gasteiger partial charge in [0.1, 0.15) is 9.84 Å². The summed E-state index contributed by atoms with van der Waals surface area (Å²) in [6.07, 6.45) is 14.2. The molecule has 1 spiro atoms. The van der Waals surface area contributed by atoms with E-state index in [1.54, 1.807) is 0 Å². The van der Waals surface area contributed by atoms with Crippen LogP contribution in [0.3, 0.4) is 0 Å². The number of halogens is 1. The third-order valence-electron chi connectivity index (χ3n) is 6.48. The normalized spacial score (nSPS) is 25.3. The van der Waals surface area contributed by atoms with Crippen LogP contribution >= 0.6 is 24.0 Å². The number of likely N-dealkylation sites (tertiary alicyclic amines) is 1. The SMILES string of the molecule is CN=C(NCC1(CS(C)(=O)=O)CC1)N1CCCC2(CCCCCC2)C1.I. The maximum Gasteiger partial charge on any atom is 0.193 e. The van der Waals surface area contributed by atoms with Gasteiger partial charge in [-0.3, -0.25) is 4.99 Å². The van der Waals surface area contributed by atoms with Crippen molar-refractivity contribution in [1.29, 1.82) is 0 Å². The molecule has 1 aliphatic heterocycles. The Hall–Kier alpha value is -0.0500. The minimum atomic E-state index is -2.92. The molecule has 2 saturated carbocycles. The van der Waals surface area contributed by atoms with Crippen molar-refractivity contribution in [2.45, 2.75) is 64.2 Å². The van der Waals surface area contributed by atoms with Crippen LogP contribution < -0.4 is 5.32 Å². The molecular formula is C19H36IN3O2S. The van der Waals surface area contributed by atoms with E-state index >= 15 is 0 Å². The van der Waals surface area contributed by atoms with Crippen LogP contribution in [-0.2, 0) is 9.84 Å². The number of rotatable bonds is 4. The van der Waals surface area contributed by atoms with Gasteiger partial charge in [-0.05, 0) is 43.9 Å². The molecule has 0 aromatic heterocycles. The van der Waals surface area contributed by atoms with Crippen molar-refractivity contribution >= 4 is 39.8 Å². The number of aliphatic imine (C=N–C) groups is 1. The van der Waals surface area contributed by atoms with Gasteiger partial charge in [0, 0.05) is 38.4 Å². The lowest BCUT2D eigenvalue weighted by atomic mass is 9.74. The summed E-state index contributed by atoms with van der Waals surface area (Å²) in [7, 11) is -1.06. The maximum absolute atomic E-state index is 11.7. The van der Waals surface area contributed by atoms with Crippen molar-refractivity contribution < 1.29 is 8.42 Å². The van der Waals surface area contributed by atoms with Crippen LogP contribution in [0, 0.1) is 10.8 Å². The molecule has 2 aliphatic carbocycles. The first-order valence-corrected chi connectivity index (χ1v) is 12.0. The average Bonchev–Trinajstić information content (AvgIpc) is 3.32. The van der Waals surface area contributed by atoms with Crippen LogP contribution in [0.5, 0.6) is 0 Å². The van der Waals surface area contributed by atoms with E-state index in [0.29, 0.717) is 11.2 Å². The van der Waals surface area contributed by atoms with Crippen molar-refractivity contribution in [1.82, 2.24) is 10.2 Å². The lowest BCUT2D eigenvalue weighted by Gasteiger charge is -2.44. The maximum atomic E-state index is 11.7. The highest BCUT2D eigenvalue weighted by atomic mass is 127. The van der Waals surface area contributed by atoms with Crippen molar-refractivity contribution in [2.75, 3.05) is 38.7 Å². The van der Waals surface area contributed by atoms with Crippen LogP contribution in [0.2, 0.25) is 0 Å². The molecule has 1 heterocycles. The van der Waals surface area contributed by atoms with E-state index in [1.807, 2.05) is 7.05 Å². The largest absolute Gasteiger partial charge is 0.356 e. The highest BCUT2D eigenvalue weighted by molar-refractivity contribution is 14.0. The highest BCUT2D eigenvalue weighted by Gasteiger charge is 2.45. The molecular weight excluding hydrogens is 461 g/mol. The van der Waals surface area contributed by atoms with Crippen LogP contribution in [0.25, 0.3) is 0 Å². The van der Waals surface area contributed by atoms with E-state index in [2.05, 4.69) is 15.2 Å². The number of nitrogens with one attached hydrogen (secondary N) is 1. The van der Waals surface area contributed by atoms with Gasteiger partial charge in [0.15, 0.2) is 5.96 Å². The van der Waals surface area contributed by atoms with Crippen LogP contribution in [0.4, 0.5) is 0 Å². The Labute approximate surface area is 176 Å². The summed E-state index contributed by atoms with van der Waals surface area (Å²) < 4.78 is 23.3. The Morgan fingerprint density at radius 1 is 1.04 bits per heavy atom. The smallest absolute Gasteiger partial charge is 0.193 e. The Bertz CT molecular complexity index is 594. The van der Waals surface area contributed by atoms with Crippen LogP contribution in [-0.4, -0.2) is 58.0 Å². The van der Waals surface area contributed by atoms with E-state index in [4.69, 9.17) is 0 Å². The third-order valence-corrected chi connectivity index (χ3v) is 7.62. The molecule has 1 N–H and O–H groups in total. The zero-order chi connectivity index (χ0) is 18.0. The fourth-order valence-corrected chi connectivity index (χ4v) is 6.48. The zero-order valence-corrected chi connectivity index (χ0v) is 19.6. The molecule has 5 nitrogen and oxygen atoms in total. The predicted molar refractivity (Wildman–Crippen MR) is 119 cm³/mol. The average molecular weight is 497 g/mol. The van der Waals surface area contributed by atoms with Gasteiger partial charge >= 0.3 is 0 Å². The van der Waals surface area contributed by atoms with E-state index in [9.17, 15) is 8.42 Å². The van der Waals surface area contributed by atoms with Crippen molar-refractivity contribution in [3.8, 4) is 0 Å². The predicted octanol–water partition coefficient (Wildman–Crippen LogP) is 3.44. The molecule has 3 fully saturated rings. The monoisotopic (exact) mass is 497 g/mol. The van der Waals surface area contributed by atoms with Gasteiger partial charge in [-0.2, -0.15) is 0 Å². The molecule has 0 aromatic rings. The number of hydrogen-bond donors (Lipinski definition) is 1. The van der Waals surface area contributed by atoms with Gasteiger partial charge in [-0.15, -0.1) is 24.0 Å². The fraction of sp³-hybridized carbons (Fsp3) is 0.947. The molecule has 1 saturated heterocycles. The number of sulfone groups is 1. The fourth-order valence-electron chi connectivity index (χ4n) is 4.98. The van der Waals surface area contributed by atoms with E-state index in [-0.39, 0.29) is 29.4 Å². The summed E-state index contributed by atoms with van der Waals surface area (Å²) in [6.45, 7) is 2.92. The molecule has 0 amide bonds. The standard InChI is InChI=1S/C19H35N3O2S.HI/c1-20-17(21-14-19(11-12-19)16-25(2,23)24)22-13-7-10-18(15-22)8-5-3-4-6-9-18;/h3-16H2,1-2H3,(H,20,21);1H. The minimum Gasteiger partial charge on any atom is -0.356 e. The topological polar surface area (TPSA) is 61.8 Å². The molecule has 0 unspecified atom stereocenters. The van der Waals surface area contributed by atoms with Crippen molar-refractivity contribution in [3.05, 3.63) is 0 Å². The van der Waals surface area contributed by atoms with E-state index in [1.165, 1.54) is 57.6 Å². The lowest BCUT2D eigenvalue weighted by molar-refractivity contribution is 0.115. The van der Waals surface area contributed by atoms with Gasteiger partial charge in [-0.1, -0.05) is 25.7 Å². The molecule has 0 atom stereocenters. The Balaban J connectivity index is 0.00000243. The second-order valence-electron chi connectivity index (χ2n) is 8.91. The second-order valence-corrected chi connectivity index (χ2v) is 11.1. The number of piperidine rings is 1. The Morgan fingerprint density at radius 3 is 2.19 bits per heavy atom. The van der Waals surface area contributed by atoms with Gasteiger partial charge in [0.2, 0.25) is 0 Å². The molecule has 7 heteroatoms. The van der Waals surface area contributed by atoms with E-state index < -0.39 is 9.84 Å². The number of hydrogen-bond acceptors (Lipinski definition) is 3. The van der Waals surface area contributed by atoms with Gasteiger partial charge in [-0.25, -0.2) is 8.42 Å². The number of guanidine groups is 1. The molecule has 3 rings (SSSR count). The molecule has 26 heavy (non-hydrogen) atoms. The summed E-state index contributed by atoms with van der Waals surface area (Å²) in [5, 5.41) is 3.51. The first-order chi connectivity index (χ1) is 11.9. The summed E-state index contributed by atoms with van der Waals surface area (Å²) in [4.78, 5) is 6.96. The minimum absolute atomic E-state index is 0. The summed E-state index contributed by atoms with van der Waals surface area (Å²) >= 11 is 0. The second kappa shape index (κ2) is 8.97. The first kappa shape index (κ1) is 22.2. The molecule has 152 valence electrons. The van der Waals surface area contributed by atoms with Crippen molar-refractivity contribution in [3.63, 3.8) is 0 Å². The Morgan fingerprint density at radius 2 is 1.65 bits per heavy atom. The van der Waals surface area contributed by atoms with Gasteiger partial charge < -0.3 is 10.2 Å². The molecule has 0 radical (unpaired) electrons. The molecule has 0 bridgehead atoms. The molecule has 0 aromatic carbocycles. The van der Waals surface area contributed by atoms with Crippen LogP contribution in [0.15, 0.2) is 4.99 Å². The zero-order valence-electron chi connectivity index (χ0n) is 16.4. The summed E-state index contributed by atoms with van der Waals surface area (Å²) in [5.74, 6) is 1.27. The first-order valence-electron chi connectivity index (χ1n) is 9.99. The summed E-state index contributed by atoms with van der Waals surface area (Å²) in [5.41, 5.74) is 0.426. The van der Waals surface area contributed by atoms with Crippen LogP contribution in [0.1, 0.15) is 64.2 Å².